The molecule has 4 rings (SSSR count). The first-order chi connectivity index (χ1) is 15.6. The lowest BCUT2D eigenvalue weighted by Crippen LogP contribution is -2.28. The molecule has 0 spiro atoms. The fourth-order valence-corrected chi connectivity index (χ4v) is 5.42. The number of nitrogens with zero attached hydrogens (tertiary/aromatic N) is 2. The first-order valence-electron chi connectivity index (χ1n) is 11.4. The van der Waals surface area contributed by atoms with E-state index in [1.165, 1.54) is 5.57 Å². The molecule has 0 saturated carbocycles. The van der Waals surface area contributed by atoms with Gasteiger partial charge in [0.1, 0.15) is 11.3 Å². The van der Waals surface area contributed by atoms with Crippen molar-refractivity contribution in [2.45, 2.75) is 31.6 Å². The first kappa shape index (κ1) is 22.8. The standard InChI is InChI=1S/C24H33N5O2S/c1-3-29(4-2)11-7-16-5-6-18(26-10-9-25)13-17(16)15-32-21-14-20(30)23-22-19(27-28-23)8-12-31-24(21)22/h6,8,12-14,16,26,30H,3-5,7,9-11,15,25H2,1-2H3,(H,27,28). The number of ether oxygens (including phenoxy) is 1. The Morgan fingerprint density at radius 1 is 1.38 bits per heavy atom. The second-order valence-corrected chi connectivity index (χ2v) is 9.15. The van der Waals surface area contributed by atoms with E-state index in [0.717, 1.165) is 72.2 Å². The number of hydrogen-bond donors (Lipinski definition) is 4. The van der Waals surface area contributed by atoms with Gasteiger partial charge in [-0.15, -0.1) is 11.8 Å². The van der Waals surface area contributed by atoms with Crippen LogP contribution < -0.4 is 15.8 Å². The zero-order valence-electron chi connectivity index (χ0n) is 18.9. The highest BCUT2D eigenvalue weighted by Gasteiger charge is 2.23. The fraction of sp³-hybridized carbons (Fsp3) is 0.458. The summed E-state index contributed by atoms with van der Waals surface area (Å²) in [7, 11) is 0. The third kappa shape index (κ3) is 4.82. The first-order valence-corrected chi connectivity index (χ1v) is 12.4. The number of rotatable bonds is 11. The summed E-state index contributed by atoms with van der Waals surface area (Å²) < 4.78 is 5.85. The van der Waals surface area contributed by atoms with Crippen molar-refractivity contribution in [1.29, 1.82) is 0 Å². The molecule has 1 unspecified atom stereocenters. The smallest absolute Gasteiger partial charge is 0.151 e. The van der Waals surface area contributed by atoms with Crippen LogP contribution in [0.4, 0.5) is 0 Å². The summed E-state index contributed by atoms with van der Waals surface area (Å²) in [4.78, 5) is 3.41. The molecule has 8 heteroatoms. The molecule has 0 saturated heterocycles. The number of nitrogens with two attached hydrogens (primary N) is 1. The quantitative estimate of drug-likeness (QED) is 0.382. The third-order valence-corrected chi connectivity index (χ3v) is 7.31. The highest BCUT2D eigenvalue weighted by atomic mass is 32.2. The maximum Gasteiger partial charge on any atom is 0.151 e. The minimum absolute atomic E-state index is 0.175. The largest absolute Gasteiger partial charge is 0.506 e. The van der Waals surface area contributed by atoms with E-state index in [1.807, 2.05) is 6.08 Å². The molecule has 0 fully saturated rings. The number of phenols is 1. The molecular weight excluding hydrogens is 422 g/mol. The second kappa shape index (κ2) is 10.5. The van der Waals surface area contributed by atoms with Crippen molar-refractivity contribution in [3.05, 3.63) is 41.4 Å². The molecule has 0 radical (unpaired) electrons. The number of H-pyrrole nitrogens is 1. The number of benzene rings is 1. The monoisotopic (exact) mass is 455 g/mol. The van der Waals surface area contributed by atoms with Crippen molar-refractivity contribution in [3.8, 4) is 11.5 Å². The lowest BCUT2D eigenvalue weighted by molar-refractivity contribution is 0.283. The second-order valence-electron chi connectivity index (χ2n) is 8.14. The highest BCUT2D eigenvalue weighted by Crippen LogP contribution is 2.45. The summed E-state index contributed by atoms with van der Waals surface area (Å²) in [5.41, 5.74) is 9.66. The Kier molecular flexibility index (Phi) is 7.44. The molecule has 1 aliphatic carbocycles. The van der Waals surface area contributed by atoms with Crippen LogP contribution in [0, 0.1) is 5.92 Å². The predicted octanol–water partition coefficient (Wildman–Crippen LogP) is 3.83. The SMILES string of the molecule is CCN(CC)CCC1CC=C(NCCN)C=C1CSc1cc(O)c2n[nH]c3c2c1OC=C3. The number of hydrogen-bond acceptors (Lipinski definition) is 7. The van der Waals surface area contributed by atoms with Crippen molar-refractivity contribution >= 4 is 28.7 Å². The van der Waals surface area contributed by atoms with Crippen molar-refractivity contribution < 1.29 is 9.84 Å². The summed E-state index contributed by atoms with van der Waals surface area (Å²) in [5.74, 6) is 2.28. The van der Waals surface area contributed by atoms with Gasteiger partial charge in [-0.05, 0) is 56.6 Å². The number of thioether (sulfide) groups is 1. The molecule has 0 amide bonds. The van der Waals surface area contributed by atoms with Gasteiger partial charge in [-0.1, -0.05) is 25.5 Å². The van der Waals surface area contributed by atoms with E-state index < -0.39 is 0 Å². The molecule has 1 aromatic carbocycles. The maximum absolute atomic E-state index is 10.5. The number of allylic oxidation sites excluding steroid dienone is 2. The Balaban J connectivity index is 1.53. The van der Waals surface area contributed by atoms with E-state index in [-0.39, 0.29) is 5.75 Å². The molecule has 7 nitrogen and oxygen atoms in total. The zero-order valence-corrected chi connectivity index (χ0v) is 19.7. The molecule has 2 aromatic rings. The van der Waals surface area contributed by atoms with Gasteiger partial charge in [0.25, 0.3) is 0 Å². The Hall–Kier alpha value is -2.42. The van der Waals surface area contributed by atoms with E-state index in [1.54, 1.807) is 24.1 Å². The molecule has 5 N–H and O–H groups in total. The van der Waals surface area contributed by atoms with Crippen LogP contribution in [-0.4, -0.2) is 58.7 Å². The number of nitrogens with one attached hydrogen (secondary N) is 2. The number of phenolic OH excluding ortho intramolecular Hbond substituents is 1. The summed E-state index contributed by atoms with van der Waals surface area (Å²) in [6.07, 6.45) is 10.3. The van der Waals surface area contributed by atoms with Gasteiger partial charge >= 0.3 is 0 Å². The number of aromatic nitrogens is 2. The van der Waals surface area contributed by atoms with E-state index in [4.69, 9.17) is 10.5 Å². The van der Waals surface area contributed by atoms with Gasteiger partial charge in [0.2, 0.25) is 0 Å². The lowest BCUT2D eigenvalue weighted by atomic mass is 9.88. The Bertz CT molecular complexity index is 1040. The molecule has 0 bridgehead atoms. The zero-order chi connectivity index (χ0) is 22.5. The maximum atomic E-state index is 10.5. The molecule has 32 heavy (non-hydrogen) atoms. The van der Waals surface area contributed by atoms with Gasteiger partial charge in [0, 0.05) is 24.5 Å². The summed E-state index contributed by atoms with van der Waals surface area (Å²) in [5, 5.41) is 22.0. The van der Waals surface area contributed by atoms with Gasteiger partial charge in [-0.2, -0.15) is 5.10 Å². The van der Waals surface area contributed by atoms with Crippen molar-refractivity contribution in [1.82, 2.24) is 20.4 Å². The van der Waals surface area contributed by atoms with Gasteiger partial charge in [-0.3, -0.25) is 5.10 Å². The fourth-order valence-electron chi connectivity index (χ4n) is 4.31. The summed E-state index contributed by atoms with van der Waals surface area (Å²) in [6.45, 7) is 9.08. The van der Waals surface area contributed by atoms with Crippen LogP contribution in [0.15, 0.2) is 40.6 Å². The van der Waals surface area contributed by atoms with Gasteiger partial charge in [-0.25, -0.2) is 0 Å². The van der Waals surface area contributed by atoms with Crippen molar-refractivity contribution in [2.24, 2.45) is 11.7 Å². The molecule has 1 atom stereocenters. The van der Waals surface area contributed by atoms with Gasteiger partial charge in [0.15, 0.2) is 5.75 Å². The Morgan fingerprint density at radius 3 is 3.00 bits per heavy atom. The van der Waals surface area contributed by atoms with Crippen LogP contribution in [0.1, 0.15) is 32.4 Å². The predicted molar refractivity (Wildman–Crippen MR) is 132 cm³/mol. The van der Waals surface area contributed by atoms with Gasteiger partial charge < -0.3 is 25.8 Å². The van der Waals surface area contributed by atoms with Crippen LogP contribution in [0.25, 0.3) is 17.0 Å². The molecule has 172 valence electrons. The van der Waals surface area contributed by atoms with E-state index in [2.05, 4.69) is 46.4 Å². The topological polar surface area (TPSA) is 99.4 Å². The molecule has 1 aliphatic heterocycles. The average molecular weight is 456 g/mol. The molecule has 2 aliphatic rings. The summed E-state index contributed by atoms with van der Waals surface area (Å²) >= 11 is 1.71. The van der Waals surface area contributed by atoms with Crippen LogP contribution in [0.2, 0.25) is 0 Å². The van der Waals surface area contributed by atoms with Crippen molar-refractivity contribution in [3.63, 3.8) is 0 Å². The number of aromatic amines is 1. The normalized spacial score (nSPS) is 17.4. The molecular formula is C24H33N5O2S. The van der Waals surface area contributed by atoms with Crippen molar-refractivity contribution in [2.75, 3.05) is 38.5 Å². The molecule has 1 aromatic heterocycles. The van der Waals surface area contributed by atoms with E-state index in [0.29, 0.717) is 18.0 Å². The van der Waals surface area contributed by atoms with Gasteiger partial charge in [0.05, 0.1) is 22.2 Å². The minimum Gasteiger partial charge on any atom is -0.506 e. The van der Waals surface area contributed by atoms with Crippen LogP contribution >= 0.6 is 11.8 Å². The minimum atomic E-state index is 0.175. The van der Waals surface area contributed by atoms with Crippen LogP contribution in [0.5, 0.6) is 11.5 Å². The third-order valence-electron chi connectivity index (χ3n) is 6.22. The summed E-state index contributed by atoms with van der Waals surface area (Å²) in [6, 6.07) is 1.77. The van der Waals surface area contributed by atoms with Crippen LogP contribution in [0.3, 0.4) is 0 Å². The lowest BCUT2D eigenvalue weighted by Gasteiger charge is -2.27. The Morgan fingerprint density at radius 2 is 2.22 bits per heavy atom. The Labute approximate surface area is 193 Å². The van der Waals surface area contributed by atoms with E-state index in [9.17, 15) is 5.11 Å². The van der Waals surface area contributed by atoms with E-state index >= 15 is 0 Å². The molecule has 2 heterocycles. The highest BCUT2D eigenvalue weighted by molar-refractivity contribution is 7.99. The average Bonchev–Trinajstić information content (AvgIpc) is 3.26. The number of aromatic hydroxyl groups is 1. The van der Waals surface area contributed by atoms with Crippen LogP contribution in [-0.2, 0) is 0 Å².